The van der Waals surface area contributed by atoms with Gasteiger partial charge in [-0.2, -0.15) is 0 Å². The highest BCUT2D eigenvalue weighted by atomic mass is 32.1. The first-order chi connectivity index (χ1) is 18.2. The van der Waals surface area contributed by atoms with Gasteiger partial charge in [-0.05, 0) is 51.2 Å². The van der Waals surface area contributed by atoms with Crippen LogP contribution in [0.2, 0.25) is 0 Å². The van der Waals surface area contributed by atoms with Crippen LogP contribution in [0.3, 0.4) is 0 Å². The third-order valence-electron chi connectivity index (χ3n) is 6.74. The second-order valence-corrected chi connectivity index (χ2v) is 11.0. The van der Waals surface area contributed by atoms with Crippen molar-refractivity contribution in [1.29, 1.82) is 0 Å². The highest BCUT2D eigenvalue weighted by Gasteiger charge is 2.22. The first-order valence-corrected chi connectivity index (χ1v) is 13.5. The molecule has 0 unspecified atom stereocenters. The molecule has 38 heavy (non-hydrogen) atoms. The van der Waals surface area contributed by atoms with Gasteiger partial charge < -0.3 is 19.9 Å². The van der Waals surface area contributed by atoms with Crippen LogP contribution < -0.4 is 15.8 Å². The number of hydrogen-bond acceptors (Lipinski definition) is 8. The van der Waals surface area contributed by atoms with Crippen LogP contribution in [-0.2, 0) is 18.3 Å². The lowest BCUT2D eigenvalue weighted by Gasteiger charge is -2.29. The summed E-state index contributed by atoms with van der Waals surface area (Å²) in [5, 5.41) is 4.15. The van der Waals surface area contributed by atoms with Crippen molar-refractivity contribution in [3.8, 4) is 10.4 Å². The lowest BCUT2D eigenvalue weighted by molar-refractivity contribution is 0.122. The number of ether oxygens (including phenoxy) is 1. The van der Waals surface area contributed by atoms with E-state index in [9.17, 15) is 4.79 Å². The zero-order valence-electron chi connectivity index (χ0n) is 22.4. The van der Waals surface area contributed by atoms with E-state index in [1.165, 1.54) is 11.3 Å². The van der Waals surface area contributed by atoms with Gasteiger partial charge in [-0.25, -0.2) is 14.4 Å². The molecule has 1 aliphatic heterocycles. The zero-order valence-corrected chi connectivity index (χ0v) is 23.2. The smallest absolute Gasteiger partial charge is 0.275 e. The third-order valence-corrected chi connectivity index (χ3v) is 8.07. The van der Waals surface area contributed by atoms with Crippen molar-refractivity contribution in [2.75, 3.05) is 50.6 Å². The summed E-state index contributed by atoms with van der Waals surface area (Å²) in [5.41, 5.74) is 3.21. The van der Waals surface area contributed by atoms with Gasteiger partial charge in [-0.1, -0.05) is 24.3 Å². The highest BCUT2D eigenvalue weighted by Crippen LogP contribution is 2.37. The van der Waals surface area contributed by atoms with Crippen molar-refractivity contribution in [2.45, 2.75) is 26.4 Å². The number of aryl methyl sites for hydroxylation is 2. The van der Waals surface area contributed by atoms with Crippen LogP contribution in [0.5, 0.6) is 0 Å². The largest absolute Gasteiger partial charge is 0.378 e. The van der Waals surface area contributed by atoms with E-state index >= 15 is 4.39 Å². The molecule has 0 bridgehead atoms. The van der Waals surface area contributed by atoms with Crippen molar-refractivity contribution in [2.24, 2.45) is 7.05 Å². The van der Waals surface area contributed by atoms with Gasteiger partial charge >= 0.3 is 0 Å². The second kappa shape index (κ2) is 10.8. The van der Waals surface area contributed by atoms with Gasteiger partial charge in [-0.3, -0.25) is 9.36 Å². The summed E-state index contributed by atoms with van der Waals surface area (Å²) in [4.78, 5) is 28.0. The number of aromatic nitrogens is 3. The number of halogens is 1. The number of hydrogen-bond donors (Lipinski definition) is 1. The number of anilines is 2. The number of nitrogens with zero attached hydrogens (tertiary/aromatic N) is 5. The predicted molar refractivity (Wildman–Crippen MR) is 152 cm³/mol. The minimum atomic E-state index is -0.351. The lowest BCUT2D eigenvalue weighted by atomic mass is 10.1. The van der Waals surface area contributed by atoms with E-state index < -0.39 is 0 Å². The fraction of sp³-hybridized carbons (Fsp3) is 0.393. The Morgan fingerprint density at radius 3 is 2.66 bits per heavy atom. The van der Waals surface area contributed by atoms with Gasteiger partial charge in [0.2, 0.25) is 0 Å². The van der Waals surface area contributed by atoms with Crippen molar-refractivity contribution in [3.05, 3.63) is 68.8 Å². The Balaban J connectivity index is 1.52. The molecule has 0 aliphatic carbocycles. The maximum Gasteiger partial charge on any atom is 0.275 e. The Morgan fingerprint density at radius 1 is 1.18 bits per heavy atom. The Kier molecular flexibility index (Phi) is 7.47. The Morgan fingerprint density at radius 2 is 1.92 bits per heavy atom. The molecule has 1 aromatic carbocycles. The molecule has 0 radical (unpaired) electrons. The summed E-state index contributed by atoms with van der Waals surface area (Å²) >= 11 is 1.45. The van der Waals surface area contributed by atoms with Crippen molar-refractivity contribution in [3.63, 3.8) is 0 Å². The summed E-state index contributed by atoms with van der Waals surface area (Å²) in [6.45, 7) is 6.93. The van der Waals surface area contributed by atoms with Gasteiger partial charge in [0.05, 0.1) is 29.5 Å². The third kappa shape index (κ3) is 5.16. The number of pyridine rings is 1. The number of fused-ring (bicyclic) bond motifs is 1. The molecule has 1 N–H and O–H groups in total. The molecule has 5 rings (SSSR count). The Labute approximate surface area is 225 Å². The first-order valence-electron chi connectivity index (χ1n) is 12.7. The fourth-order valence-electron chi connectivity index (χ4n) is 4.88. The van der Waals surface area contributed by atoms with E-state index in [4.69, 9.17) is 4.74 Å². The molecule has 4 aromatic rings. The quantitative estimate of drug-likeness (QED) is 0.371. The van der Waals surface area contributed by atoms with E-state index in [0.29, 0.717) is 54.2 Å². The maximum atomic E-state index is 15.3. The Hall–Kier alpha value is -3.34. The maximum absolute atomic E-state index is 15.3. The molecule has 0 saturated carbocycles. The van der Waals surface area contributed by atoms with Crippen LogP contribution in [0.4, 0.5) is 15.9 Å². The average molecular weight is 537 g/mol. The van der Waals surface area contributed by atoms with E-state index in [1.54, 1.807) is 24.6 Å². The van der Waals surface area contributed by atoms with Crippen molar-refractivity contribution >= 4 is 33.9 Å². The summed E-state index contributed by atoms with van der Waals surface area (Å²) in [7, 11) is 5.78. The molecule has 1 saturated heterocycles. The molecule has 4 heterocycles. The van der Waals surface area contributed by atoms with Gasteiger partial charge in [0.15, 0.2) is 0 Å². The fourth-order valence-corrected chi connectivity index (χ4v) is 5.98. The molecule has 1 aliphatic rings. The monoisotopic (exact) mass is 536 g/mol. The Bertz CT molecular complexity index is 1530. The van der Waals surface area contributed by atoms with Crippen LogP contribution in [0.25, 0.3) is 21.5 Å². The van der Waals surface area contributed by atoms with Crippen LogP contribution in [0.1, 0.15) is 29.2 Å². The minimum Gasteiger partial charge on any atom is -0.378 e. The summed E-state index contributed by atoms with van der Waals surface area (Å²) in [6, 6.07) is 11.2. The topological polar surface area (TPSA) is 75.5 Å². The number of morpholine rings is 1. The molecule has 1 fully saturated rings. The van der Waals surface area contributed by atoms with Gasteiger partial charge in [0.25, 0.3) is 5.56 Å². The lowest BCUT2D eigenvalue weighted by Crippen LogP contribution is -2.40. The molecule has 10 heteroatoms. The normalized spacial score (nSPS) is 14.9. The van der Waals surface area contributed by atoms with Gasteiger partial charge in [0, 0.05) is 31.6 Å². The van der Waals surface area contributed by atoms with Gasteiger partial charge in [-0.15, -0.1) is 11.3 Å². The number of benzene rings is 1. The molecule has 3 aromatic heterocycles. The SMILES string of the molecule is Cc1nc(N[C@H](C)c2sc(-c3ccccc3CN(C)C)cc2F)c2cc(N3CCOCC3)c(=O)n(C)c2n1. The van der Waals surface area contributed by atoms with Crippen LogP contribution in [0, 0.1) is 12.7 Å². The zero-order chi connectivity index (χ0) is 27.0. The van der Waals surface area contributed by atoms with E-state index in [2.05, 4.69) is 26.3 Å². The summed E-state index contributed by atoms with van der Waals surface area (Å²) in [5.74, 6) is 0.861. The molecule has 1 atom stereocenters. The van der Waals surface area contributed by atoms with Crippen molar-refractivity contribution < 1.29 is 9.13 Å². The van der Waals surface area contributed by atoms with E-state index in [-0.39, 0.29) is 17.4 Å². The molecule has 200 valence electrons. The van der Waals surface area contributed by atoms with Crippen molar-refractivity contribution in [1.82, 2.24) is 19.4 Å². The average Bonchev–Trinajstić information content (AvgIpc) is 3.28. The van der Waals surface area contributed by atoms with E-state index in [1.807, 2.05) is 50.2 Å². The molecule has 0 spiro atoms. The van der Waals surface area contributed by atoms with Gasteiger partial charge in [0.1, 0.15) is 28.8 Å². The van der Waals surface area contributed by atoms with E-state index in [0.717, 1.165) is 27.9 Å². The van der Waals surface area contributed by atoms with Crippen LogP contribution in [-0.4, -0.2) is 59.8 Å². The highest BCUT2D eigenvalue weighted by molar-refractivity contribution is 7.15. The number of rotatable bonds is 7. The molecule has 8 nitrogen and oxygen atoms in total. The standard InChI is InChI=1S/C28H33FN6O2S/c1-17(25-22(29)15-24(38-25)20-9-7-6-8-19(20)16-33(3)4)30-26-21-14-23(35-10-12-37-13-11-35)28(36)34(5)27(21)32-18(2)31-26/h6-9,14-15,17H,10-13,16H2,1-5H3,(H,30,31,32)/t17-/m1/s1. The molecular formula is C28H33FN6O2S. The number of nitrogens with one attached hydrogen (secondary N) is 1. The molecular weight excluding hydrogens is 503 g/mol. The second-order valence-electron chi connectivity index (χ2n) is 9.93. The van der Waals surface area contributed by atoms with Crippen LogP contribution >= 0.6 is 11.3 Å². The number of thiophene rings is 1. The predicted octanol–water partition coefficient (Wildman–Crippen LogP) is 4.58. The minimum absolute atomic E-state index is 0.109. The summed E-state index contributed by atoms with van der Waals surface area (Å²) in [6.07, 6.45) is 0. The first kappa shape index (κ1) is 26.3. The van der Waals surface area contributed by atoms with Crippen LogP contribution in [0.15, 0.2) is 41.2 Å². The molecule has 0 amide bonds. The summed E-state index contributed by atoms with van der Waals surface area (Å²) < 4.78 is 22.4.